The zero-order valence-corrected chi connectivity index (χ0v) is 9.97. The van der Waals surface area contributed by atoms with Gasteiger partial charge in [0.25, 0.3) is 5.91 Å². The average Bonchev–Trinajstić information content (AvgIpc) is 2.37. The number of nitrogens with one attached hydrogen (secondary N) is 2. The highest BCUT2D eigenvalue weighted by Crippen LogP contribution is 2.36. The van der Waals surface area contributed by atoms with Crippen molar-refractivity contribution in [2.24, 2.45) is 5.73 Å². The minimum absolute atomic E-state index is 0.0852. The molecule has 7 N–H and O–H groups in total. The fourth-order valence-electron chi connectivity index (χ4n) is 1.26. The molecule has 0 radical (unpaired) electrons. The van der Waals surface area contributed by atoms with Crippen molar-refractivity contribution in [2.75, 3.05) is 0 Å². The van der Waals surface area contributed by atoms with Gasteiger partial charge in [0.15, 0.2) is 11.5 Å². The molecule has 0 saturated carbocycles. The third-order valence-corrected chi connectivity index (χ3v) is 2.48. The Kier molecular flexibility index (Phi) is 4.75. The predicted molar refractivity (Wildman–Crippen MR) is 64.7 cm³/mol. The van der Waals surface area contributed by atoms with E-state index in [4.69, 9.17) is 10.8 Å². The molecule has 18 heavy (non-hydrogen) atoms. The molecule has 1 aromatic carbocycles. The predicted octanol–water partition coefficient (Wildman–Crippen LogP) is -0.338. The van der Waals surface area contributed by atoms with Crippen LogP contribution in [0.15, 0.2) is 12.1 Å². The Hall–Kier alpha value is -1.99. The van der Waals surface area contributed by atoms with Gasteiger partial charge >= 0.3 is 0 Å². The summed E-state index contributed by atoms with van der Waals surface area (Å²) in [6.45, 7) is 1.87. The Labute approximate surface area is 104 Å². The van der Waals surface area contributed by atoms with Gasteiger partial charge in [-0.15, -0.1) is 0 Å². The topological polar surface area (TPSA) is 128 Å². The van der Waals surface area contributed by atoms with Crippen molar-refractivity contribution in [3.05, 3.63) is 17.7 Å². The number of benzene rings is 1. The van der Waals surface area contributed by atoms with Gasteiger partial charge in [0.05, 0.1) is 6.04 Å². The summed E-state index contributed by atoms with van der Waals surface area (Å²) in [6, 6.07) is 2.06. The van der Waals surface area contributed by atoms with E-state index in [9.17, 15) is 15.0 Å². The van der Waals surface area contributed by atoms with Gasteiger partial charge in [-0.05, 0) is 12.5 Å². The molecule has 0 aliphatic rings. The summed E-state index contributed by atoms with van der Waals surface area (Å²) in [5.74, 6) is -1.80. The lowest BCUT2D eigenvalue weighted by molar-refractivity contribution is -0.123. The lowest BCUT2D eigenvalue weighted by atomic mass is 10.2. The van der Waals surface area contributed by atoms with Crippen LogP contribution in [-0.4, -0.2) is 27.3 Å². The number of hydrazine groups is 1. The van der Waals surface area contributed by atoms with E-state index in [1.165, 1.54) is 12.1 Å². The number of phenols is 3. The number of carbonyl (C=O) groups excluding carboxylic acids is 1. The molecule has 7 heteroatoms. The summed E-state index contributed by atoms with van der Waals surface area (Å²) in [4.78, 5) is 11.3. The smallest absolute Gasteiger partial charge is 0.250 e. The zero-order chi connectivity index (χ0) is 13.7. The summed E-state index contributed by atoms with van der Waals surface area (Å²) < 4.78 is 0. The molecule has 0 spiro atoms. The van der Waals surface area contributed by atoms with E-state index in [2.05, 4.69) is 10.9 Å². The van der Waals surface area contributed by atoms with Crippen LogP contribution in [0.2, 0.25) is 0 Å². The molecule has 0 bridgehead atoms. The molecule has 1 rings (SSSR count). The lowest BCUT2D eigenvalue weighted by Gasteiger charge is -2.12. The molecule has 1 unspecified atom stereocenters. The fraction of sp³-hybridized carbons (Fsp3) is 0.364. The average molecular weight is 255 g/mol. The molecule has 0 saturated heterocycles. The number of nitrogens with two attached hydrogens (primary N) is 1. The van der Waals surface area contributed by atoms with Crippen LogP contribution >= 0.6 is 0 Å². The van der Waals surface area contributed by atoms with Crippen molar-refractivity contribution < 1.29 is 20.1 Å². The normalized spacial score (nSPS) is 12.1. The second-order valence-electron chi connectivity index (χ2n) is 3.80. The molecule has 1 amide bonds. The van der Waals surface area contributed by atoms with Crippen LogP contribution in [0.1, 0.15) is 18.9 Å². The monoisotopic (exact) mass is 255 g/mol. The summed E-state index contributed by atoms with van der Waals surface area (Å²) in [6.07, 6.45) is 0.513. The SMILES string of the molecule is CCC(N)C(=O)NNCc1ccc(O)c(O)c1O. The van der Waals surface area contributed by atoms with Crippen LogP contribution in [0.5, 0.6) is 17.2 Å². The molecule has 100 valence electrons. The number of carbonyl (C=O) groups is 1. The molecule has 7 nitrogen and oxygen atoms in total. The van der Waals surface area contributed by atoms with Crippen molar-refractivity contribution in [2.45, 2.75) is 25.9 Å². The quantitative estimate of drug-likeness (QED) is 0.315. The third-order valence-electron chi connectivity index (χ3n) is 2.48. The van der Waals surface area contributed by atoms with Crippen LogP contribution in [0.25, 0.3) is 0 Å². The Morgan fingerprint density at radius 3 is 2.61 bits per heavy atom. The molecule has 0 fully saturated rings. The Morgan fingerprint density at radius 1 is 1.33 bits per heavy atom. The third kappa shape index (κ3) is 3.25. The zero-order valence-electron chi connectivity index (χ0n) is 9.97. The van der Waals surface area contributed by atoms with Gasteiger partial charge in [0.2, 0.25) is 5.75 Å². The fourth-order valence-corrected chi connectivity index (χ4v) is 1.26. The van der Waals surface area contributed by atoms with Crippen molar-refractivity contribution >= 4 is 5.91 Å². The molecule has 0 aliphatic heterocycles. The first-order valence-corrected chi connectivity index (χ1v) is 5.48. The molecular formula is C11H17N3O4. The van der Waals surface area contributed by atoms with Gasteiger partial charge in [-0.25, -0.2) is 5.43 Å². The van der Waals surface area contributed by atoms with Gasteiger partial charge in [-0.2, -0.15) is 0 Å². The maximum Gasteiger partial charge on any atom is 0.250 e. The summed E-state index contributed by atoms with van der Waals surface area (Å²) in [5, 5.41) is 27.9. The largest absolute Gasteiger partial charge is 0.504 e. The lowest BCUT2D eigenvalue weighted by Crippen LogP contribution is -2.46. The molecule has 1 aromatic rings. The van der Waals surface area contributed by atoms with E-state index in [1.807, 2.05) is 0 Å². The van der Waals surface area contributed by atoms with Crippen molar-refractivity contribution in [1.82, 2.24) is 10.9 Å². The highest BCUT2D eigenvalue weighted by molar-refractivity contribution is 5.80. The standard InChI is InChI=1S/C11H17N3O4/c1-2-7(12)11(18)14-13-5-6-3-4-8(15)10(17)9(6)16/h3-4,7,13,15-17H,2,5,12H2,1H3,(H,14,18). The van der Waals surface area contributed by atoms with E-state index < -0.39 is 23.3 Å². The number of phenolic OH excluding ortho intramolecular Hbond substituents is 3. The number of hydrogen-bond acceptors (Lipinski definition) is 6. The summed E-state index contributed by atoms with van der Waals surface area (Å²) in [7, 11) is 0. The number of hydrogen-bond donors (Lipinski definition) is 6. The van der Waals surface area contributed by atoms with E-state index in [0.717, 1.165) is 0 Å². The van der Waals surface area contributed by atoms with E-state index in [1.54, 1.807) is 6.92 Å². The summed E-state index contributed by atoms with van der Waals surface area (Å²) in [5.41, 5.74) is 10.8. The van der Waals surface area contributed by atoms with Gasteiger partial charge < -0.3 is 21.1 Å². The van der Waals surface area contributed by atoms with Gasteiger partial charge in [0.1, 0.15) is 0 Å². The van der Waals surface area contributed by atoms with E-state index in [0.29, 0.717) is 12.0 Å². The first-order chi connectivity index (χ1) is 8.47. The first-order valence-electron chi connectivity index (χ1n) is 5.48. The Bertz CT molecular complexity index is 437. The van der Waals surface area contributed by atoms with Crippen LogP contribution in [0.4, 0.5) is 0 Å². The van der Waals surface area contributed by atoms with Crippen molar-refractivity contribution in [1.29, 1.82) is 0 Å². The van der Waals surface area contributed by atoms with Gasteiger partial charge in [-0.1, -0.05) is 13.0 Å². The van der Waals surface area contributed by atoms with E-state index >= 15 is 0 Å². The highest BCUT2D eigenvalue weighted by Gasteiger charge is 2.12. The maximum atomic E-state index is 11.3. The maximum absolute atomic E-state index is 11.3. The second-order valence-corrected chi connectivity index (χ2v) is 3.80. The van der Waals surface area contributed by atoms with Crippen LogP contribution < -0.4 is 16.6 Å². The van der Waals surface area contributed by atoms with Crippen molar-refractivity contribution in [3.8, 4) is 17.2 Å². The van der Waals surface area contributed by atoms with E-state index in [-0.39, 0.29) is 12.5 Å². The summed E-state index contributed by atoms with van der Waals surface area (Å²) >= 11 is 0. The Morgan fingerprint density at radius 2 is 2.00 bits per heavy atom. The Balaban J connectivity index is 2.55. The second kappa shape index (κ2) is 6.08. The van der Waals surface area contributed by atoms with Crippen molar-refractivity contribution in [3.63, 3.8) is 0 Å². The molecular weight excluding hydrogens is 238 g/mol. The minimum atomic E-state index is -0.598. The first kappa shape index (κ1) is 14.1. The number of rotatable bonds is 5. The van der Waals surface area contributed by atoms with Crippen LogP contribution in [-0.2, 0) is 11.3 Å². The molecule has 1 atom stereocenters. The van der Waals surface area contributed by atoms with Gasteiger partial charge in [-0.3, -0.25) is 10.2 Å². The molecule has 0 aromatic heterocycles. The molecule has 0 heterocycles. The van der Waals surface area contributed by atoms with Gasteiger partial charge in [0, 0.05) is 12.1 Å². The number of aromatic hydroxyl groups is 3. The van der Waals surface area contributed by atoms with Crippen LogP contribution in [0.3, 0.4) is 0 Å². The number of amides is 1. The minimum Gasteiger partial charge on any atom is -0.504 e. The molecule has 0 aliphatic carbocycles. The van der Waals surface area contributed by atoms with Crippen LogP contribution in [0, 0.1) is 0 Å². The highest BCUT2D eigenvalue weighted by atomic mass is 16.3.